The molecule has 0 aliphatic carbocycles. The van der Waals surface area contributed by atoms with Crippen molar-refractivity contribution in [1.29, 1.82) is 0 Å². The number of carbonyl (C=O) groups excluding carboxylic acids is 1. The number of hydrogen-bond acceptors (Lipinski definition) is 4. The average Bonchev–Trinajstić information content (AvgIpc) is 2.53. The molecule has 0 radical (unpaired) electrons. The SMILES string of the molecule is COc1ccc(CNC(=O)N2CCCCC2C(=O)O)cn1. The van der Waals surface area contributed by atoms with Gasteiger partial charge in [-0.1, -0.05) is 6.07 Å². The molecule has 1 unspecified atom stereocenters. The van der Waals surface area contributed by atoms with Gasteiger partial charge in [-0.25, -0.2) is 14.6 Å². The van der Waals surface area contributed by atoms with Gasteiger partial charge in [0, 0.05) is 25.4 Å². The lowest BCUT2D eigenvalue weighted by Crippen LogP contribution is -2.51. The lowest BCUT2D eigenvalue weighted by molar-refractivity contribution is -0.143. The summed E-state index contributed by atoms with van der Waals surface area (Å²) < 4.78 is 4.96. The molecule has 21 heavy (non-hydrogen) atoms. The molecule has 0 spiro atoms. The van der Waals surface area contributed by atoms with Crippen molar-refractivity contribution in [2.45, 2.75) is 31.8 Å². The van der Waals surface area contributed by atoms with Crippen LogP contribution in [0.15, 0.2) is 18.3 Å². The molecule has 1 aromatic heterocycles. The van der Waals surface area contributed by atoms with Crippen LogP contribution in [0.1, 0.15) is 24.8 Å². The van der Waals surface area contributed by atoms with Gasteiger partial charge < -0.3 is 20.1 Å². The third-order valence-electron chi connectivity index (χ3n) is 3.50. The topological polar surface area (TPSA) is 91.8 Å². The molecule has 0 bridgehead atoms. The molecule has 114 valence electrons. The molecular formula is C14H19N3O4. The number of likely N-dealkylation sites (tertiary alicyclic amines) is 1. The number of carboxylic acids is 1. The van der Waals surface area contributed by atoms with E-state index in [0.29, 0.717) is 25.4 Å². The Kier molecular flexibility index (Phi) is 4.97. The van der Waals surface area contributed by atoms with E-state index in [-0.39, 0.29) is 6.03 Å². The second kappa shape index (κ2) is 6.92. The number of piperidine rings is 1. The first-order valence-corrected chi connectivity index (χ1v) is 6.88. The highest BCUT2D eigenvalue weighted by Gasteiger charge is 2.31. The van der Waals surface area contributed by atoms with Gasteiger partial charge in [-0.05, 0) is 24.8 Å². The normalized spacial score (nSPS) is 18.1. The van der Waals surface area contributed by atoms with E-state index in [1.165, 1.54) is 12.0 Å². The number of urea groups is 1. The van der Waals surface area contributed by atoms with Crippen LogP contribution in [-0.2, 0) is 11.3 Å². The van der Waals surface area contributed by atoms with E-state index < -0.39 is 12.0 Å². The first kappa shape index (κ1) is 15.1. The maximum absolute atomic E-state index is 12.1. The highest BCUT2D eigenvalue weighted by Crippen LogP contribution is 2.17. The maximum Gasteiger partial charge on any atom is 0.326 e. The molecule has 1 aliphatic heterocycles. The predicted octanol–water partition coefficient (Wildman–Crippen LogP) is 1.24. The third-order valence-corrected chi connectivity index (χ3v) is 3.50. The highest BCUT2D eigenvalue weighted by atomic mass is 16.5. The zero-order chi connectivity index (χ0) is 15.2. The number of nitrogens with one attached hydrogen (secondary N) is 1. The largest absolute Gasteiger partial charge is 0.481 e. The van der Waals surface area contributed by atoms with Gasteiger partial charge in [-0.15, -0.1) is 0 Å². The molecule has 7 nitrogen and oxygen atoms in total. The molecule has 1 atom stereocenters. The molecule has 2 amide bonds. The smallest absolute Gasteiger partial charge is 0.326 e. The van der Waals surface area contributed by atoms with E-state index in [4.69, 9.17) is 9.84 Å². The van der Waals surface area contributed by atoms with Gasteiger partial charge in [0.05, 0.1) is 7.11 Å². The number of aliphatic carboxylic acids is 1. The molecule has 7 heteroatoms. The van der Waals surface area contributed by atoms with Crippen LogP contribution in [0, 0.1) is 0 Å². The number of amides is 2. The van der Waals surface area contributed by atoms with Gasteiger partial charge in [0.15, 0.2) is 0 Å². The number of pyridine rings is 1. The first-order valence-electron chi connectivity index (χ1n) is 6.88. The Hall–Kier alpha value is -2.31. The summed E-state index contributed by atoms with van der Waals surface area (Å²) >= 11 is 0. The molecule has 2 heterocycles. The fraction of sp³-hybridized carbons (Fsp3) is 0.500. The second-order valence-corrected chi connectivity index (χ2v) is 4.91. The highest BCUT2D eigenvalue weighted by molar-refractivity contribution is 5.82. The van der Waals surface area contributed by atoms with E-state index in [0.717, 1.165) is 18.4 Å². The number of carboxylic acid groups (broad SMARTS) is 1. The standard InChI is InChI=1S/C14H19N3O4/c1-21-12-6-5-10(8-15-12)9-16-14(20)17-7-3-2-4-11(17)13(18)19/h5-6,8,11H,2-4,7,9H2,1H3,(H,16,20)(H,18,19). The minimum atomic E-state index is -0.948. The van der Waals surface area contributed by atoms with Crippen LogP contribution in [0.4, 0.5) is 4.79 Å². The van der Waals surface area contributed by atoms with Crippen molar-refractivity contribution in [2.24, 2.45) is 0 Å². The zero-order valence-corrected chi connectivity index (χ0v) is 11.9. The fourth-order valence-corrected chi connectivity index (χ4v) is 2.35. The van der Waals surface area contributed by atoms with Crippen LogP contribution in [0.3, 0.4) is 0 Å². The van der Waals surface area contributed by atoms with E-state index >= 15 is 0 Å². The lowest BCUT2D eigenvalue weighted by Gasteiger charge is -2.32. The molecule has 0 saturated carbocycles. The van der Waals surface area contributed by atoms with E-state index in [1.54, 1.807) is 18.3 Å². The molecule has 2 rings (SSSR count). The number of methoxy groups -OCH3 is 1. The van der Waals surface area contributed by atoms with Gasteiger partial charge in [-0.2, -0.15) is 0 Å². The lowest BCUT2D eigenvalue weighted by atomic mass is 10.0. The molecule has 2 N–H and O–H groups in total. The van der Waals surface area contributed by atoms with Crippen LogP contribution in [-0.4, -0.2) is 46.7 Å². The molecule has 0 aromatic carbocycles. The van der Waals surface area contributed by atoms with Crippen LogP contribution in [0.25, 0.3) is 0 Å². The molecule has 1 fully saturated rings. The van der Waals surface area contributed by atoms with Crippen LogP contribution in [0.2, 0.25) is 0 Å². The van der Waals surface area contributed by atoms with Gasteiger partial charge >= 0.3 is 12.0 Å². The van der Waals surface area contributed by atoms with E-state index in [1.807, 2.05) is 0 Å². The van der Waals surface area contributed by atoms with Gasteiger partial charge in [0.2, 0.25) is 5.88 Å². The Morgan fingerprint density at radius 2 is 2.29 bits per heavy atom. The van der Waals surface area contributed by atoms with Gasteiger partial charge in [0.25, 0.3) is 0 Å². The van der Waals surface area contributed by atoms with E-state index in [2.05, 4.69) is 10.3 Å². The van der Waals surface area contributed by atoms with Gasteiger partial charge in [-0.3, -0.25) is 0 Å². The molecule has 1 saturated heterocycles. The number of rotatable bonds is 4. The van der Waals surface area contributed by atoms with Crippen molar-refractivity contribution in [2.75, 3.05) is 13.7 Å². The van der Waals surface area contributed by atoms with Crippen molar-refractivity contribution in [3.63, 3.8) is 0 Å². The maximum atomic E-state index is 12.1. The number of ether oxygens (including phenoxy) is 1. The number of aromatic nitrogens is 1. The summed E-state index contributed by atoms with van der Waals surface area (Å²) in [5.41, 5.74) is 0.827. The number of carbonyl (C=O) groups is 2. The quantitative estimate of drug-likeness (QED) is 0.871. The zero-order valence-electron chi connectivity index (χ0n) is 11.9. The summed E-state index contributed by atoms with van der Waals surface area (Å²) in [7, 11) is 1.53. The van der Waals surface area contributed by atoms with Crippen molar-refractivity contribution in [3.8, 4) is 5.88 Å². The molecular weight excluding hydrogens is 274 g/mol. The number of hydrogen-bond donors (Lipinski definition) is 2. The molecule has 1 aromatic rings. The van der Waals surface area contributed by atoms with Gasteiger partial charge in [0.1, 0.15) is 6.04 Å². The van der Waals surface area contributed by atoms with Crippen molar-refractivity contribution in [3.05, 3.63) is 23.9 Å². The Morgan fingerprint density at radius 3 is 2.90 bits per heavy atom. The number of nitrogens with zero attached hydrogens (tertiary/aromatic N) is 2. The predicted molar refractivity (Wildman–Crippen MR) is 75.0 cm³/mol. The second-order valence-electron chi connectivity index (χ2n) is 4.91. The first-order chi connectivity index (χ1) is 10.1. The summed E-state index contributed by atoms with van der Waals surface area (Å²) in [5, 5.41) is 11.9. The Balaban J connectivity index is 1.91. The fourth-order valence-electron chi connectivity index (χ4n) is 2.35. The minimum absolute atomic E-state index is 0.304. The van der Waals surface area contributed by atoms with Crippen molar-refractivity contribution >= 4 is 12.0 Å². The average molecular weight is 293 g/mol. The van der Waals surface area contributed by atoms with Crippen molar-refractivity contribution in [1.82, 2.24) is 15.2 Å². The summed E-state index contributed by atoms with van der Waals surface area (Å²) in [4.78, 5) is 28.7. The molecule has 1 aliphatic rings. The van der Waals surface area contributed by atoms with Crippen LogP contribution >= 0.6 is 0 Å². The monoisotopic (exact) mass is 293 g/mol. The Morgan fingerprint density at radius 1 is 1.48 bits per heavy atom. The van der Waals surface area contributed by atoms with Crippen molar-refractivity contribution < 1.29 is 19.4 Å². The third kappa shape index (κ3) is 3.84. The van der Waals surface area contributed by atoms with E-state index in [9.17, 15) is 9.59 Å². The van der Waals surface area contributed by atoms with Crippen LogP contribution < -0.4 is 10.1 Å². The summed E-state index contributed by atoms with van der Waals surface area (Å²) in [5.74, 6) is -0.442. The Labute approximate surface area is 122 Å². The summed E-state index contributed by atoms with van der Waals surface area (Å²) in [6, 6.07) is 2.44. The minimum Gasteiger partial charge on any atom is -0.481 e. The summed E-state index contributed by atoms with van der Waals surface area (Å²) in [6.45, 7) is 0.780. The van der Waals surface area contributed by atoms with Crippen LogP contribution in [0.5, 0.6) is 5.88 Å². The Bertz CT molecular complexity index is 503. The summed E-state index contributed by atoms with van der Waals surface area (Å²) in [6.07, 6.45) is 3.79.